The molecule has 4 aliphatic heterocycles. The molecule has 2 aromatic rings. The van der Waals surface area contributed by atoms with Gasteiger partial charge in [0.05, 0.1) is 11.6 Å². The Kier molecular flexibility index (Phi) is 6.06. The molecule has 1 spiro atoms. The van der Waals surface area contributed by atoms with Gasteiger partial charge in [0.2, 0.25) is 11.8 Å². The molecule has 194 valence electrons. The summed E-state index contributed by atoms with van der Waals surface area (Å²) in [6.45, 7) is 2.56. The molecule has 5 heterocycles. The number of H-pyrrole nitrogens is 1. The minimum Gasteiger partial charge on any atom is -0.356 e. The van der Waals surface area contributed by atoms with E-state index < -0.39 is 11.5 Å². The van der Waals surface area contributed by atoms with Gasteiger partial charge in [0.15, 0.2) is 0 Å². The number of carbonyl (C=O) groups is 3. The van der Waals surface area contributed by atoms with Crippen molar-refractivity contribution in [3.63, 3.8) is 0 Å². The maximum atomic E-state index is 14.4. The van der Waals surface area contributed by atoms with Crippen LogP contribution in [-0.2, 0) is 26.3 Å². The molecule has 3 saturated heterocycles. The van der Waals surface area contributed by atoms with Crippen LogP contribution in [-0.4, -0.2) is 76.5 Å². The number of aryl methyl sites for hydroxylation is 1. The van der Waals surface area contributed by atoms with Crippen LogP contribution in [0.4, 0.5) is 5.69 Å². The van der Waals surface area contributed by atoms with E-state index in [1.165, 1.54) is 6.07 Å². The lowest BCUT2D eigenvalue weighted by Crippen LogP contribution is -2.57. The topological polar surface area (TPSA) is 119 Å². The molecule has 10 nitrogen and oxygen atoms in total. The molecule has 2 bridgehead atoms. The highest BCUT2D eigenvalue weighted by atomic mass is 16.2. The summed E-state index contributed by atoms with van der Waals surface area (Å²) >= 11 is 0. The van der Waals surface area contributed by atoms with E-state index in [4.69, 9.17) is 0 Å². The van der Waals surface area contributed by atoms with Crippen molar-refractivity contribution in [2.45, 2.75) is 50.1 Å². The molecular formula is C27H32N6O4. The Morgan fingerprint density at radius 1 is 1.03 bits per heavy atom. The van der Waals surface area contributed by atoms with Crippen molar-refractivity contribution < 1.29 is 14.4 Å². The highest BCUT2D eigenvalue weighted by molar-refractivity contribution is 6.11. The van der Waals surface area contributed by atoms with Crippen LogP contribution in [0, 0.1) is 5.92 Å². The van der Waals surface area contributed by atoms with Gasteiger partial charge >= 0.3 is 0 Å². The second-order valence-corrected chi connectivity index (χ2v) is 10.5. The SMILES string of the molecule is O=C1NCCCN(C(=O)CCc2ccc(=O)[nH]n2)CCN2C(=O)[C@@]3(c4ccccc42)[C@H]1C[C@@H]1CCCN13. The van der Waals surface area contributed by atoms with E-state index in [1.54, 1.807) is 11.0 Å². The molecule has 0 unspecified atom stereocenters. The van der Waals surface area contributed by atoms with Crippen LogP contribution in [0.25, 0.3) is 0 Å². The average Bonchev–Trinajstić information content (AvgIpc) is 3.56. The van der Waals surface area contributed by atoms with Crippen molar-refractivity contribution in [1.29, 1.82) is 0 Å². The third kappa shape index (κ3) is 3.85. The van der Waals surface area contributed by atoms with Gasteiger partial charge in [0.1, 0.15) is 5.54 Å². The number of benzene rings is 1. The van der Waals surface area contributed by atoms with E-state index in [0.29, 0.717) is 51.1 Å². The summed E-state index contributed by atoms with van der Waals surface area (Å²) in [5, 5.41) is 9.49. The number of amides is 3. The van der Waals surface area contributed by atoms with Crippen molar-refractivity contribution in [1.82, 2.24) is 25.3 Å². The number of nitrogens with zero attached hydrogens (tertiary/aromatic N) is 4. The van der Waals surface area contributed by atoms with Gasteiger partial charge in [-0.1, -0.05) is 18.2 Å². The molecule has 1 aromatic carbocycles. The normalized spacial score (nSPS) is 27.7. The van der Waals surface area contributed by atoms with Crippen LogP contribution in [0.5, 0.6) is 0 Å². The predicted octanol–water partition coefficient (Wildman–Crippen LogP) is 0.777. The highest BCUT2D eigenvalue weighted by Crippen LogP contribution is 2.56. The third-order valence-electron chi connectivity index (χ3n) is 8.52. The van der Waals surface area contributed by atoms with Crippen LogP contribution >= 0.6 is 0 Å². The zero-order valence-corrected chi connectivity index (χ0v) is 20.8. The lowest BCUT2D eigenvalue weighted by molar-refractivity contribution is -0.139. The second-order valence-electron chi connectivity index (χ2n) is 10.5. The fourth-order valence-electron chi connectivity index (χ4n) is 6.87. The average molecular weight is 505 g/mol. The van der Waals surface area contributed by atoms with Gasteiger partial charge in [-0.3, -0.25) is 24.1 Å². The van der Waals surface area contributed by atoms with Crippen LogP contribution in [0.1, 0.15) is 43.4 Å². The summed E-state index contributed by atoms with van der Waals surface area (Å²) in [5.41, 5.74) is 1.17. The van der Waals surface area contributed by atoms with E-state index >= 15 is 0 Å². The lowest BCUT2D eigenvalue weighted by Gasteiger charge is -2.38. The quantitative estimate of drug-likeness (QED) is 0.638. The van der Waals surface area contributed by atoms with Crippen molar-refractivity contribution in [2.24, 2.45) is 5.92 Å². The van der Waals surface area contributed by atoms with Gasteiger partial charge in [-0.2, -0.15) is 5.10 Å². The Balaban J connectivity index is 1.29. The van der Waals surface area contributed by atoms with Crippen molar-refractivity contribution in [3.05, 3.63) is 58.0 Å². The molecule has 0 radical (unpaired) electrons. The van der Waals surface area contributed by atoms with Gasteiger partial charge in [0.25, 0.3) is 11.5 Å². The lowest BCUT2D eigenvalue weighted by atomic mass is 9.78. The first-order chi connectivity index (χ1) is 18.0. The van der Waals surface area contributed by atoms with Gasteiger partial charge < -0.3 is 15.1 Å². The predicted molar refractivity (Wildman–Crippen MR) is 136 cm³/mol. The van der Waals surface area contributed by atoms with Crippen LogP contribution in [0.15, 0.2) is 41.2 Å². The number of nitrogens with one attached hydrogen (secondary N) is 2. The number of fused-ring (bicyclic) bond motifs is 4. The Bertz CT molecular complexity index is 1270. The summed E-state index contributed by atoms with van der Waals surface area (Å²) in [7, 11) is 0. The number of hydrogen-bond donors (Lipinski definition) is 2. The number of aromatic amines is 1. The van der Waals surface area contributed by atoms with Gasteiger partial charge in [-0.05, 0) is 44.4 Å². The van der Waals surface area contributed by atoms with E-state index in [1.807, 2.05) is 29.2 Å². The van der Waals surface area contributed by atoms with Crippen LogP contribution < -0.4 is 15.8 Å². The summed E-state index contributed by atoms with van der Waals surface area (Å²) < 4.78 is 0. The van der Waals surface area contributed by atoms with Gasteiger partial charge in [0, 0.05) is 62.4 Å². The third-order valence-corrected chi connectivity index (χ3v) is 8.52. The van der Waals surface area contributed by atoms with Crippen molar-refractivity contribution in [3.8, 4) is 0 Å². The smallest absolute Gasteiger partial charge is 0.264 e. The number of aromatic nitrogens is 2. The molecule has 10 heteroatoms. The van der Waals surface area contributed by atoms with E-state index in [2.05, 4.69) is 20.4 Å². The molecule has 3 amide bonds. The fraction of sp³-hybridized carbons (Fsp3) is 0.519. The van der Waals surface area contributed by atoms with Gasteiger partial charge in [-0.25, -0.2) is 5.10 Å². The molecule has 1 aromatic heterocycles. The van der Waals surface area contributed by atoms with E-state index in [-0.39, 0.29) is 35.7 Å². The second kappa shape index (κ2) is 9.41. The number of hydrogen-bond acceptors (Lipinski definition) is 6. The Labute approximate surface area is 215 Å². The minimum atomic E-state index is -0.966. The van der Waals surface area contributed by atoms with Crippen molar-refractivity contribution in [2.75, 3.05) is 37.6 Å². The number of rotatable bonds is 3. The highest BCUT2D eigenvalue weighted by Gasteiger charge is 2.67. The summed E-state index contributed by atoms with van der Waals surface area (Å²) in [6.07, 6.45) is 4.04. The monoisotopic (exact) mass is 504 g/mol. The van der Waals surface area contributed by atoms with E-state index in [9.17, 15) is 19.2 Å². The fourth-order valence-corrected chi connectivity index (χ4v) is 6.87. The molecule has 37 heavy (non-hydrogen) atoms. The van der Waals surface area contributed by atoms with Crippen LogP contribution in [0.2, 0.25) is 0 Å². The number of anilines is 1. The molecule has 2 N–H and O–H groups in total. The Morgan fingerprint density at radius 2 is 1.89 bits per heavy atom. The first kappa shape index (κ1) is 23.8. The summed E-state index contributed by atoms with van der Waals surface area (Å²) in [6, 6.07) is 11.1. The van der Waals surface area contributed by atoms with Crippen molar-refractivity contribution >= 4 is 23.4 Å². The number of para-hydroxylation sites is 1. The summed E-state index contributed by atoms with van der Waals surface area (Å²) in [4.78, 5) is 58.3. The van der Waals surface area contributed by atoms with Crippen LogP contribution in [0.3, 0.4) is 0 Å². The maximum Gasteiger partial charge on any atom is 0.264 e. The largest absolute Gasteiger partial charge is 0.356 e. The first-order valence-electron chi connectivity index (χ1n) is 13.3. The molecule has 0 saturated carbocycles. The first-order valence-corrected chi connectivity index (χ1v) is 13.3. The van der Waals surface area contributed by atoms with Gasteiger partial charge in [-0.15, -0.1) is 0 Å². The zero-order chi connectivity index (χ0) is 25.6. The molecule has 0 aliphatic carbocycles. The van der Waals surface area contributed by atoms with E-state index in [0.717, 1.165) is 30.6 Å². The Hall–Kier alpha value is -3.53. The summed E-state index contributed by atoms with van der Waals surface area (Å²) in [5.74, 6) is -0.562. The minimum absolute atomic E-state index is 0.0376. The molecule has 3 atom stereocenters. The standard InChI is InChI=1S/C27H32N6O4/c34-23-10-8-18(29-30-23)9-11-24(35)31-13-4-12-28-25(36)21-17-19-5-3-14-33(19)27(21)20-6-1-2-7-22(20)32(16-15-31)26(27)37/h1-2,6-8,10,19,21H,3-5,9,11-17H2,(H,28,36)(H,30,34)/t19-,21-,27+/m0/s1. The molecule has 4 aliphatic rings. The number of carbonyl (C=O) groups excluding carboxylic acids is 3. The Morgan fingerprint density at radius 3 is 2.73 bits per heavy atom. The molecule has 3 fully saturated rings. The maximum absolute atomic E-state index is 14.4. The zero-order valence-electron chi connectivity index (χ0n) is 20.8. The molecule has 6 rings (SSSR count). The molecular weight excluding hydrogens is 472 g/mol.